The van der Waals surface area contributed by atoms with E-state index in [1.807, 2.05) is 4.90 Å². The number of carboxylic acids is 1. The standard InChI is InChI=1S/C28H30F4N2O4/c1-37-19-4-5-25-21(15-19)20(24(32)17-33-25)3-2-6-28(16-26(35)36)7-9-34(10-8-28)11-12-38-27-22(30)13-18(29)14-23(27)31/h4-5,13-15,17H,2-3,6-12,16H2,1H3,(H,35,36). The number of aliphatic carboxylic acids is 1. The second-order valence-electron chi connectivity index (χ2n) is 9.78. The maximum Gasteiger partial charge on any atom is 0.303 e. The molecule has 38 heavy (non-hydrogen) atoms. The fourth-order valence-electron chi connectivity index (χ4n) is 5.25. The molecule has 1 aromatic heterocycles. The van der Waals surface area contributed by atoms with Gasteiger partial charge in [0.1, 0.15) is 24.0 Å². The number of fused-ring (bicyclic) bond motifs is 1. The van der Waals surface area contributed by atoms with E-state index in [2.05, 4.69) is 4.98 Å². The lowest BCUT2D eigenvalue weighted by molar-refractivity contribution is -0.140. The zero-order valence-electron chi connectivity index (χ0n) is 21.1. The molecular weight excluding hydrogens is 504 g/mol. The second-order valence-corrected chi connectivity index (χ2v) is 9.78. The summed E-state index contributed by atoms with van der Waals surface area (Å²) in [7, 11) is 1.54. The zero-order chi connectivity index (χ0) is 27.3. The Balaban J connectivity index is 1.35. The number of carboxylic acid groups (broad SMARTS) is 1. The van der Waals surface area contributed by atoms with Gasteiger partial charge in [-0.1, -0.05) is 0 Å². The number of carbonyl (C=O) groups is 1. The molecule has 204 valence electrons. The highest BCUT2D eigenvalue weighted by atomic mass is 19.1. The van der Waals surface area contributed by atoms with Gasteiger partial charge in [-0.15, -0.1) is 0 Å². The van der Waals surface area contributed by atoms with Gasteiger partial charge in [-0.25, -0.2) is 17.6 Å². The molecule has 0 aliphatic carbocycles. The van der Waals surface area contributed by atoms with Crippen LogP contribution in [-0.4, -0.2) is 54.3 Å². The normalized spacial score (nSPS) is 15.5. The summed E-state index contributed by atoms with van der Waals surface area (Å²) in [5.74, 6) is -4.50. The number of aryl methyl sites for hydroxylation is 1. The van der Waals surface area contributed by atoms with E-state index in [-0.39, 0.29) is 13.0 Å². The SMILES string of the molecule is COc1ccc2ncc(F)c(CCCC3(CC(=O)O)CCN(CCOc4c(F)cc(F)cc4F)CC3)c2c1. The van der Waals surface area contributed by atoms with Crippen LogP contribution < -0.4 is 9.47 Å². The number of halogens is 4. The summed E-state index contributed by atoms with van der Waals surface area (Å²) in [5.41, 5.74) is 0.766. The molecule has 6 nitrogen and oxygen atoms in total. The van der Waals surface area contributed by atoms with Gasteiger partial charge >= 0.3 is 5.97 Å². The predicted octanol–water partition coefficient (Wildman–Crippen LogP) is 5.76. The molecular formula is C28H30F4N2O4. The summed E-state index contributed by atoms with van der Waals surface area (Å²) in [6.45, 7) is 1.57. The van der Waals surface area contributed by atoms with E-state index < -0.39 is 40.4 Å². The third-order valence-corrected chi connectivity index (χ3v) is 7.33. The number of benzene rings is 2. The van der Waals surface area contributed by atoms with Gasteiger partial charge in [0.25, 0.3) is 0 Å². The second kappa shape index (κ2) is 12.0. The number of piperidine rings is 1. The average molecular weight is 535 g/mol. The van der Waals surface area contributed by atoms with E-state index in [0.29, 0.717) is 86.1 Å². The van der Waals surface area contributed by atoms with Crippen molar-refractivity contribution in [3.05, 3.63) is 65.4 Å². The number of pyridine rings is 1. The van der Waals surface area contributed by atoms with Crippen molar-refractivity contribution in [3.8, 4) is 11.5 Å². The molecule has 1 N–H and O–H groups in total. The van der Waals surface area contributed by atoms with Crippen molar-refractivity contribution in [2.24, 2.45) is 5.41 Å². The highest BCUT2D eigenvalue weighted by molar-refractivity contribution is 5.83. The number of hydrogen-bond acceptors (Lipinski definition) is 5. The highest BCUT2D eigenvalue weighted by Crippen LogP contribution is 2.40. The van der Waals surface area contributed by atoms with Gasteiger partial charge in [0.2, 0.25) is 0 Å². The van der Waals surface area contributed by atoms with Crippen molar-refractivity contribution < 1.29 is 36.9 Å². The molecule has 0 bridgehead atoms. The Morgan fingerprint density at radius 3 is 2.45 bits per heavy atom. The molecule has 1 aliphatic heterocycles. The number of nitrogens with zero attached hydrogens (tertiary/aromatic N) is 2. The molecule has 10 heteroatoms. The van der Waals surface area contributed by atoms with Crippen LogP contribution in [0, 0.1) is 28.7 Å². The van der Waals surface area contributed by atoms with Crippen LogP contribution in [-0.2, 0) is 11.2 Å². The summed E-state index contributed by atoms with van der Waals surface area (Å²) in [6.07, 6.45) is 4.11. The van der Waals surface area contributed by atoms with Crippen LogP contribution in [0.3, 0.4) is 0 Å². The van der Waals surface area contributed by atoms with Crippen LogP contribution in [0.2, 0.25) is 0 Å². The van der Waals surface area contributed by atoms with Gasteiger partial charge in [-0.3, -0.25) is 14.7 Å². The number of methoxy groups -OCH3 is 1. The molecule has 0 saturated carbocycles. The number of ether oxygens (including phenoxy) is 2. The molecule has 0 amide bonds. The third kappa shape index (κ3) is 6.53. The molecule has 0 atom stereocenters. The van der Waals surface area contributed by atoms with Crippen molar-refractivity contribution in [2.75, 3.05) is 33.4 Å². The minimum atomic E-state index is -1.10. The molecule has 0 spiro atoms. The first-order chi connectivity index (χ1) is 18.2. The van der Waals surface area contributed by atoms with Crippen LogP contribution in [0.15, 0.2) is 36.5 Å². The van der Waals surface area contributed by atoms with Crippen molar-refractivity contribution in [1.29, 1.82) is 0 Å². The fourth-order valence-corrected chi connectivity index (χ4v) is 5.25. The van der Waals surface area contributed by atoms with Crippen LogP contribution in [0.25, 0.3) is 10.9 Å². The first-order valence-electron chi connectivity index (χ1n) is 12.5. The van der Waals surface area contributed by atoms with Crippen LogP contribution in [0.4, 0.5) is 17.6 Å². The van der Waals surface area contributed by atoms with Crippen molar-refractivity contribution in [2.45, 2.75) is 38.5 Å². The monoisotopic (exact) mass is 534 g/mol. The Labute approximate surface area is 218 Å². The van der Waals surface area contributed by atoms with Gasteiger partial charge < -0.3 is 14.6 Å². The lowest BCUT2D eigenvalue weighted by Crippen LogP contribution is -2.42. The highest BCUT2D eigenvalue weighted by Gasteiger charge is 2.36. The maximum absolute atomic E-state index is 14.7. The molecule has 3 aromatic rings. The summed E-state index contributed by atoms with van der Waals surface area (Å²) >= 11 is 0. The number of aromatic nitrogens is 1. The summed E-state index contributed by atoms with van der Waals surface area (Å²) in [5, 5.41) is 10.3. The van der Waals surface area contributed by atoms with Crippen molar-refractivity contribution in [1.82, 2.24) is 9.88 Å². The van der Waals surface area contributed by atoms with Crippen LogP contribution in [0.1, 0.15) is 37.7 Å². The quantitative estimate of drug-likeness (QED) is 0.316. The average Bonchev–Trinajstić information content (AvgIpc) is 2.87. The Morgan fingerprint density at radius 2 is 1.79 bits per heavy atom. The number of likely N-dealkylation sites (tertiary alicyclic amines) is 1. The summed E-state index contributed by atoms with van der Waals surface area (Å²) in [4.78, 5) is 17.9. The maximum atomic E-state index is 14.7. The predicted molar refractivity (Wildman–Crippen MR) is 133 cm³/mol. The molecule has 4 rings (SSSR count). The largest absolute Gasteiger partial charge is 0.497 e. The molecule has 0 radical (unpaired) electrons. The summed E-state index contributed by atoms with van der Waals surface area (Å²) in [6, 6.07) is 6.44. The Morgan fingerprint density at radius 1 is 1.08 bits per heavy atom. The van der Waals surface area contributed by atoms with E-state index >= 15 is 0 Å². The van der Waals surface area contributed by atoms with Gasteiger partial charge in [0.05, 0.1) is 25.2 Å². The van der Waals surface area contributed by atoms with Gasteiger partial charge in [0, 0.05) is 24.1 Å². The molecule has 1 fully saturated rings. The third-order valence-electron chi connectivity index (χ3n) is 7.33. The van der Waals surface area contributed by atoms with Gasteiger partial charge in [-0.05, 0) is 74.4 Å². The molecule has 2 aromatic carbocycles. The zero-order valence-corrected chi connectivity index (χ0v) is 21.1. The van der Waals surface area contributed by atoms with E-state index in [9.17, 15) is 27.5 Å². The van der Waals surface area contributed by atoms with Crippen LogP contribution >= 0.6 is 0 Å². The topological polar surface area (TPSA) is 71.9 Å². The van der Waals surface area contributed by atoms with E-state index in [1.165, 1.54) is 6.20 Å². The van der Waals surface area contributed by atoms with Crippen molar-refractivity contribution in [3.63, 3.8) is 0 Å². The van der Waals surface area contributed by atoms with E-state index in [0.717, 1.165) is 0 Å². The molecule has 0 unspecified atom stereocenters. The van der Waals surface area contributed by atoms with Crippen LogP contribution in [0.5, 0.6) is 11.5 Å². The van der Waals surface area contributed by atoms with E-state index in [1.54, 1.807) is 25.3 Å². The lowest BCUT2D eigenvalue weighted by atomic mass is 9.72. The first kappa shape index (κ1) is 27.6. The van der Waals surface area contributed by atoms with Gasteiger partial charge in [0.15, 0.2) is 17.4 Å². The Kier molecular flexibility index (Phi) is 8.71. The Hall–Kier alpha value is -3.40. The molecule has 2 heterocycles. The minimum absolute atomic E-state index is 0.00323. The van der Waals surface area contributed by atoms with Crippen molar-refractivity contribution >= 4 is 16.9 Å². The van der Waals surface area contributed by atoms with E-state index in [4.69, 9.17) is 9.47 Å². The Bertz CT molecular complexity index is 1270. The fraction of sp³-hybridized carbons (Fsp3) is 0.429. The minimum Gasteiger partial charge on any atom is -0.497 e. The number of rotatable bonds is 11. The summed E-state index contributed by atoms with van der Waals surface area (Å²) < 4.78 is 65.8. The van der Waals surface area contributed by atoms with Gasteiger partial charge in [-0.2, -0.15) is 0 Å². The smallest absolute Gasteiger partial charge is 0.303 e. The lowest BCUT2D eigenvalue weighted by Gasteiger charge is -2.41. The number of hydrogen-bond donors (Lipinski definition) is 1. The first-order valence-corrected chi connectivity index (χ1v) is 12.5. The molecule has 1 saturated heterocycles. The molecule has 1 aliphatic rings.